The number of aliphatic hydroxyl groups excluding tert-OH is 1. The molecule has 0 aromatic heterocycles. The first-order valence-corrected chi connectivity index (χ1v) is 8.84. The van der Waals surface area contributed by atoms with E-state index in [0.29, 0.717) is 0 Å². The summed E-state index contributed by atoms with van der Waals surface area (Å²) in [6.07, 6.45) is 25.9. The summed E-state index contributed by atoms with van der Waals surface area (Å²) >= 11 is 0. The fraction of sp³-hybridized carbons (Fsp3) is 0.789. The zero-order chi connectivity index (χ0) is 14.7. The standard InChI is InChI=1S/C19H36O/c1-2-3-4-5-6-7-8-9-10-11-12-13-14-15-16-17-18-19-20/h14-17,20H,2-13,18-19H2,1H3/b15-14+,17-16+. The molecule has 0 unspecified atom stereocenters. The summed E-state index contributed by atoms with van der Waals surface area (Å²) < 4.78 is 0. The first kappa shape index (κ1) is 19.4. The van der Waals surface area contributed by atoms with E-state index in [1.54, 1.807) is 0 Å². The Kier molecular flexibility index (Phi) is 17.9. The van der Waals surface area contributed by atoms with Crippen molar-refractivity contribution in [1.82, 2.24) is 0 Å². The van der Waals surface area contributed by atoms with Gasteiger partial charge in [-0.1, -0.05) is 95.4 Å². The predicted molar refractivity (Wildman–Crippen MR) is 91.1 cm³/mol. The van der Waals surface area contributed by atoms with Gasteiger partial charge in [-0.05, 0) is 19.3 Å². The van der Waals surface area contributed by atoms with Crippen molar-refractivity contribution < 1.29 is 5.11 Å². The minimum Gasteiger partial charge on any atom is -0.396 e. The van der Waals surface area contributed by atoms with Gasteiger partial charge in [0.25, 0.3) is 0 Å². The minimum absolute atomic E-state index is 0.253. The van der Waals surface area contributed by atoms with Crippen molar-refractivity contribution in [2.24, 2.45) is 0 Å². The lowest BCUT2D eigenvalue weighted by molar-refractivity contribution is 0.302. The van der Waals surface area contributed by atoms with Crippen LogP contribution in [0.25, 0.3) is 0 Å². The molecule has 1 N–H and O–H groups in total. The molecule has 0 bridgehead atoms. The second-order valence-electron chi connectivity index (χ2n) is 5.69. The van der Waals surface area contributed by atoms with Crippen LogP contribution < -0.4 is 0 Å². The molecule has 20 heavy (non-hydrogen) atoms. The maximum Gasteiger partial charge on any atom is 0.0465 e. The van der Waals surface area contributed by atoms with Crippen molar-refractivity contribution >= 4 is 0 Å². The molecule has 0 saturated carbocycles. The number of aliphatic hydroxyl groups is 1. The van der Waals surface area contributed by atoms with Crippen LogP contribution in [0.1, 0.15) is 90.4 Å². The summed E-state index contributed by atoms with van der Waals surface area (Å²) in [5.74, 6) is 0. The summed E-state index contributed by atoms with van der Waals surface area (Å²) in [4.78, 5) is 0. The third-order valence-corrected chi connectivity index (χ3v) is 3.65. The van der Waals surface area contributed by atoms with Gasteiger partial charge in [0.2, 0.25) is 0 Å². The van der Waals surface area contributed by atoms with Crippen molar-refractivity contribution in [3.63, 3.8) is 0 Å². The Labute approximate surface area is 127 Å². The number of unbranched alkanes of at least 4 members (excludes halogenated alkanes) is 11. The topological polar surface area (TPSA) is 20.2 Å². The van der Waals surface area contributed by atoms with E-state index >= 15 is 0 Å². The number of allylic oxidation sites excluding steroid dienone is 3. The highest BCUT2D eigenvalue weighted by atomic mass is 16.2. The summed E-state index contributed by atoms with van der Waals surface area (Å²) in [7, 11) is 0. The van der Waals surface area contributed by atoms with E-state index in [0.717, 1.165) is 6.42 Å². The molecule has 1 heteroatoms. The predicted octanol–water partition coefficient (Wildman–Crippen LogP) is 6.18. The largest absolute Gasteiger partial charge is 0.396 e. The van der Waals surface area contributed by atoms with Gasteiger partial charge in [-0.15, -0.1) is 0 Å². The third-order valence-electron chi connectivity index (χ3n) is 3.65. The third kappa shape index (κ3) is 17.4. The fourth-order valence-electron chi connectivity index (χ4n) is 2.35. The van der Waals surface area contributed by atoms with Crippen LogP contribution in [0.4, 0.5) is 0 Å². The van der Waals surface area contributed by atoms with Crippen LogP contribution in [0.3, 0.4) is 0 Å². The van der Waals surface area contributed by atoms with E-state index in [4.69, 9.17) is 5.11 Å². The van der Waals surface area contributed by atoms with Crippen molar-refractivity contribution in [2.45, 2.75) is 90.4 Å². The zero-order valence-electron chi connectivity index (χ0n) is 13.7. The monoisotopic (exact) mass is 280 g/mol. The Morgan fingerprint density at radius 3 is 1.55 bits per heavy atom. The second kappa shape index (κ2) is 18.4. The first-order valence-electron chi connectivity index (χ1n) is 8.84. The van der Waals surface area contributed by atoms with Crippen LogP contribution >= 0.6 is 0 Å². The highest BCUT2D eigenvalue weighted by Gasteiger charge is 1.92. The lowest BCUT2D eigenvalue weighted by Crippen LogP contribution is -1.81. The molecule has 0 rings (SSSR count). The van der Waals surface area contributed by atoms with Gasteiger partial charge in [-0.2, -0.15) is 0 Å². The molecule has 0 radical (unpaired) electrons. The molecule has 0 saturated heterocycles. The van der Waals surface area contributed by atoms with Gasteiger partial charge < -0.3 is 5.11 Å². The van der Waals surface area contributed by atoms with E-state index in [2.05, 4.69) is 19.1 Å². The van der Waals surface area contributed by atoms with Gasteiger partial charge in [0.1, 0.15) is 0 Å². The van der Waals surface area contributed by atoms with Crippen LogP contribution in [-0.2, 0) is 0 Å². The average Bonchev–Trinajstić information content (AvgIpc) is 2.47. The van der Waals surface area contributed by atoms with Gasteiger partial charge in [-0.3, -0.25) is 0 Å². The van der Waals surface area contributed by atoms with Crippen LogP contribution in [0.15, 0.2) is 24.3 Å². The van der Waals surface area contributed by atoms with Gasteiger partial charge in [0.05, 0.1) is 0 Å². The number of rotatable bonds is 15. The molecule has 0 aromatic rings. The normalized spacial score (nSPS) is 11.9. The highest BCUT2D eigenvalue weighted by Crippen LogP contribution is 2.11. The molecule has 0 fully saturated rings. The molecule has 0 atom stereocenters. The lowest BCUT2D eigenvalue weighted by Gasteiger charge is -2.01. The van der Waals surface area contributed by atoms with Crippen LogP contribution in [0.5, 0.6) is 0 Å². The lowest BCUT2D eigenvalue weighted by atomic mass is 10.1. The molecule has 118 valence electrons. The summed E-state index contributed by atoms with van der Waals surface area (Å²) in [6.45, 7) is 2.53. The maximum atomic E-state index is 8.61. The molecular weight excluding hydrogens is 244 g/mol. The quantitative estimate of drug-likeness (QED) is 0.280. The van der Waals surface area contributed by atoms with Crippen LogP contribution in [0, 0.1) is 0 Å². The summed E-state index contributed by atoms with van der Waals surface area (Å²) in [5, 5.41) is 8.61. The molecule has 0 aliphatic carbocycles. The smallest absolute Gasteiger partial charge is 0.0465 e. The van der Waals surface area contributed by atoms with E-state index in [1.807, 2.05) is 12.2 Å². The molecule has 0 aliphatic rings. The SMILES string of the molecule is CCCCCCCCCCCCC/C=C/C=C/CCO. The number of hydrogen-bond donors (Lipinski definition) is 1. The fourth-order valence-corrected chi connectivity index (χ4v) is 2.35. The second-order valence-corrected chi connectivity index (χ2v) is 5.69. The molecule has 0 aliphatic heterocycles. The van der Waals surface area contributed by atoms with E-state index < -0.39 is 0 Å². The van der Waals surface area contributed by atoms with Gasteiger partial charge in [-0.25, -0.2) is 0 Å². The highest BCUT2D eigenvalue weighted by molar-refractivity contribution is 5.02. The van der Waals surface area contributed by atoms with Crippen molar-refractivity contribution in [2.75, 3.05) is 6.61 Å². The molecule has 1 nitrogen and oxygen atoms in total. The van der Waals surface area contributed by atoms with Crippen molar-refractivity contribution in [1.29, 1.82) is 0 Å². The zero-order valence-corrected chi connectivity index (χ0v) is 13.7. The van der Waals surface area contributed by atoms with Crippen molar-refractivity contribution in [3.8, 4) is 0 Å². The average molecular weight is 280 g/mol. The number of hydrogen-bond acceptors (Lipinski definition) is 1. The molecule has 0 spiro atoms. The Morgan fingerprint density at radius 2 is 1.05 bits per heavy atom. The first-order chi connectivity index (χ1) is 9.91. The molecule has 0 heterocycles. The van der Waals surface area contributed by atoms with E-state index in [1.165, 1.54) is 77.0 Å². The minimum atomic E-state index is 0.253. The van der Waals surface area contributed by atoms with Crippen LogP contribution in [-0.4, -0.2) is 11.7 Å². The Bertz CT molecular complexity index is 218. The molecule has 0 aromatic carbocycles. The summed E-state index contributed by atoms with van der Waals surface area (Å²) in [5.41, 5.74) is 0. The van der Waals surface area contributed by atoms with E-state index in [-0.39, 0.29) is 6.61 Å². The van der Waals surface area contributed by atoms with E-state index in [9.17, 15) is 0 Å². The van der Waals surface area contributed by atoms with Gasteiger partial charge in [0, 0.05) is 6.61 Å². The van der Waals surface area contributed by atoms with Gasteiger partial charge in [0.15, 0.2) is 0 Å². The van der Waals surface area contributed by atoms with Gasteiger partial charge >= 0.3 is 0 Å². The van der Waals surface area contributed by atoms with Crippen molar-refractivity contribution in [3.05, 3.63) is 24.3 Å². The van der Waals surface area contributed by atoms with Crippen LogP contribution in [0.2, 0.25) is 0 Å². The molecular formula is C19H36O. The maximum absolute atomic E-state index is 8.61. The summed E-state index contributed by atoms with van der Waals surface area (Å²) in [6, 6.07) is 0. The molecule has 0 amide bonds. The Hall–Kier alpha value is -0.560. The Balaban J connectivity index is 3.06. The Morgan fingerprint density at radius 1 is 0.600 bits per heavy atom.